The molecule has 0 radical (unpaired) electrons. The van der Waals surface area contributed by atoms with Gasteiger partial charge < -0.3 is 4.74 Å². The van der Waals surface area contributed by atoms with E-state index in [1.807, 2.05) is 52.9 Å². The van der Waals surface area contributed by atoms with Crippen LogP contribution in [-0.4, -0.2) is 36.3 Å². The number of carbonyl (C=O) groups is 2. The van der Waals surface area contributed by atoms with Gasteiger partial charge in [-0.15, -0.1) is 0 Å². The van der Waals surface area contributed by atoms with Crippen LogP contribution in [-0.2, 0) is 16.0 Å². The number of rotatable bonds is 2. The molecular weight excluding hydrogens is 290 g/mol. The lowest BCUT2D eigenvalue weighted by atomic mass is 9.74. The van der Waals surface area contributed by atoms with E-state index >= 15 is 0 Å². The molecule has 0 spiro atoms. The standard InChI is InChI=1S/C17H21NO3.C2H6/c1-10(2)17(20)21-12-5-4-11-8-15-16(19)13(14(11)9-12)6-7-18(15)3;1-2/h4-5,9-10,13,15H,6-8H2,1-3H3;1-2H3/t13?,15-;/m1./s1. The van der Waals surface area contributed by atoms with Crippen LogP contribution in [0.15, 0.2) is 18.2 Å². The number of esters is 1. The van der Waals surface area contributed by atoms with Crippen LogP contribution in [0.25, 0.3) is 0 Å². The molecule has 3 rings (SSSR count). The third kappa shape index (κ3) is 3.47. The highest BCUT2D eigenvalue weighted by Crippen LogP contribution is 2.38. The average molecular weight is 317 g/mol. The van der Waals surface area contributed by atoms with Gasteiger partial charge in [0.25, 0.3) is 0 Å². The summed E-state index contributed by atoms with van der Waals surface area (Å²) >= 11 is 0. The number of likely N-dealkylation sites (N-methyl/N-ethyl adjacent to an activating group) is 1. The van der Waals surface area contributed by atoms with E-state index in [4.69, 9.17) is 4.74 Å². The van der Waals surface area contributed by atoms with Crippen molar-refractivity contribution < 1.29 is 14.3 Å². The molecule has 0 N–H and O–H groups in total. The quantitative estimate of drug-likeness (QED) is 0.621. The molecule has 126 valence electrons. The molecule has 1 saturated heterocycles. The predicted octanol–water partition coefficient (Wildman–Crippen LogP) is 3.19. The number of nitrogens with zero attached hydrogens (tertiary/aromatic N) is 1. The highest BCUT2D eigenvalue weighted by Gasteiger charge is 2.40. The maximum absolute atomic E-state index is 12.5. The lowest BCUT2D eigenvalue weighted by Crippen LogP contribution is -2.50. The summed E-state index contributed by atoms with van der Waals surface area (Å²) in [5.74, 6) is 0.433. The van der Waals surface area contributed by atoms with Gasteiger partial charge in [0.05, 0.1) is 12.0 Å². The topological polar surface area (TPSA) is 46.6 Å². The Kier molecular flexibility index (Phi) is 5.58. The molecule has 1 aromatic rings. The first kappa shape index (κ1) is 17.7. The Labute approximate surface area is 138 Å². The fourth-order valence-electron chi connectivity index (χ4n) is 3.23. The van der Waals surface area contributed by atoms with Gasteiger partial charge in [-0.2, -0.15) is 0 Å². The Hall–Kier alpha value is -1.68. The van der Waals surface area contributed by atoms with Crippen molar-refractivity contribution in [1.82, 2.24) is 4.90 Å². The SMILES string of the molecule is CC.CC(C)C(=O)Oc1ccc2c(c1)C1CCN(C)[C@H](C2)C1=O. The summed E-state index contributed by atoms with van der Waals surface area (Å²) in [6.45, 7) is 8.56. The van der Waals surface area contributed by atoms with E-state index in [9.17, 15) is 9.59 Å². The number of Topliss-reactive ketones (excluding diaryl/α,β-unsaturated/α-hetero) is 1. The smallest absolute Gasteiger partial charge is 0.313 e. The molecule has 0 aromatic heterocycles. The largest absolute Gasteiger partial charge is 0.426 e. The summed E-state index contributed by atoms with van der Waals surface area (Å²) in [4.78, 5) is 26.3. The number of hydrogen-bond acceptors (Lipinski definition) is 4. The average Bonchev–Trinajstić information content (AvgIpc) is 2.53. The molecule has 1 aliphatic heterocycles. The lowest BCUT2D eigenvalue weighted by Gasteiger charge is -2.40. The normalized spacial score (nSPS) is 23.0. The molecule has 0 saturated carbocycles. The van der Waals surface area contributed by atoms with Crippen LogP contribution in [0.2, 0.25) is 0 Å². The van der Waals surface area contributed by atoms with Gasteiger partial charge in [-0.25, -0.2) is 0 Å². The molecule has 4 heteroatoms. The van der Waals surface area contributed by atoms with Crippen molar-refractivity contribution in [2.24, 2.45) is 5.92 Å². The molecule has 1 unspecified atom stereocenters. The lowest BCUT2D eigenvalue weighted by molar-refractivity contribution is -0.137. The molecule has 4 nitrogen and oxygen atoms in total. The number of hydrogen-bond donors (Lipinski definition) is 0. The molecule has 1 fully saturated rings. The summed E-state index contributed by atoms with van der Waals surface area (Å²) < 4.78 is 5.38. The first-order chi connectivity index (χ1) is 11.0. The van der Waals surface area contributed by atoms with Gasteiger partial charge in [-0.1, -0.05) is 33.8 Å². The van der Waals surface area contributed by atoms with Gasteiger partial charge in [-0.3, -0.25) is 14.5 Å². The maximum Gasteiger partial charge on any atom is 0.313 e. The fraction of sp³-hybridized carbons (Fsp3) is 0.579. The Balaban J connectivity index is 0.000000924. The van der Waals surface area contributed by atoms with Crippen LogP contribution in [0.1, 0.15) is 51.2 Å². The minimum Gasteiger partial charge on any atom is -0.426 e. The molecule has 1 heterocycles. The first-order valence-corrected chi connectivity index (χ1v) is 8.56. The Morgan fingerprint density at radius 3 is 2.65 bits per heavy atom. The van der Waals surface area contributed by atoms with E-state index in [1.54, 1.807) is 0 Å². The van der Waals surface area contributed by atoms with E-state index in [0.717, 1.165) is 24.9 Å². The maximum atomic E-state index is 12.5. The molecule has 2 atom stereocenters. The van der Waals surface area contributed by atoms with Gasteiger partial charge in [0.15, 0.2) is 5.78 Å². The summed E-state index contributed by atoms with van der Waals surface area (Å²) in [5, 5.41) is 0. The van der Waals surface area contributed by atoms with Crippen molar-refractivity contribution in [3.63, 3.8) is 0 Å². The van der Waals surface area contributed by atoms with Crippen LogP contribution in [0, 0.1) is 5.92 Å². The van der Waals surface area contributed by atoms with Gasteiger partial charge in [-0.05, 0) is 49.7 Å². The first-order valence-electron chi connectivity index (χ1n) is 8.56. The van der Waals surface area contributed by atoms with Gasteiger partial charge in [0.1, 0.15) is 5.75 Å². The summed E-state index contributed by atoms with van der Waals surface area (Å²) in [6, 6.07) is 5.74. The Morgan fingerprint density at radius 1 is 1.30 bits per heavy atom. The molecular formula is C19H27NO3. The number of fused-ring (bicyclic) bond motifs is 4. The highest BCUT2D eigenvalue weighted by molar-refractivity contribution is 5.93. The van der Waals surface area contributed by atoms with Gasteiger partial charge in [0, 0.05) is 5.92 Å². The molecule has 2 aliphatic rings. The molecule has 0 amide bonds. The van der Waals surface area contributed by atoms with E-state index in [2.05, 4.69) is 4.90 Å². The zero-order valence-corrected chi connectivity index (χ0v) is 14.8. The summed E-state index contributed by atoms with van der Waals surface area (Å²) in [5.41, 5.74) is 2.26. The Morgan fingerprint density at radius 2 is 2.00 bits per heavy atom. The predicted molar refractivity (Wildman–Crippen MR) is 90.8 cm³/mol. The zero-order valence-electron chi connectivity index (χ0n) is 14.8. The van der Waals surface area contributed by atoms with Crippen LogP contribution in [0.4, 0.5) is 0 Å². The van der Waals surface area contributed by atoms with E-state index in [1.165, 1.54) is 5.56 Å². The number of likely N-dealkylation sites (tertiary alicyclic amines) is 1. The monoisotopic (exact) mass is 317 g/mol. The van der Waals surface area contributed by atoms with Crippen molar-refractivity contribution in [2.45, 2.75) is 52.5 Å². The van der Waals surface area contributed by atoms with Crippen LogP contribution >= 0.6 is 0 Å². The number of benzene rings is 1. The van der Waals surface area contributed by atoms with E-state index < -0.39 is 0 Å². The van der Waals surface area contributed by atoms with Crippen molar-refractivity contribution in [1.29, 1.82) is 0 Å². The van der Waals surface area contributed by atoms with Gasteiger partial charge >= 0.3 is 5.97 Å². The zero-order chi connectivity index (χ0) is 17.1. The number of piperidine rings is 1. The highest BCUT2D eigenvalue weighted by atomic mass is 16.5. The van der Waals surface area contributed by atoms with Crippen molar-refractivity contribution >= 4 is 11.8 Å². The number of carbonyl (C=O) groups excluding carboxylic acids is 2. The fourth-order valence-corrected chi connectivity index (χ4v) is 3.23. The molecule has 1 aromatic carbocycles. The molecule has 2 bridgehead atoms. The third-order valence-electron chi connectivity index (χ3n) is 4.57. The second kappa shape index (κ2) is 7.26. The second-order valence-corrected chi connectivity index (χ2v) is 6.38. The molecule has 23 heavy (non-hydrogen) atoms. The Bertz CT molecular complexity index is 594. The van der Waals surface area contributed by atoms with Crippen molar-refractivity contribution in [3.05, 3.63) is 29.3 Å². The van der Waals surface area contributed by atoms with E-state index in [-0.39, 0.29) is 23.8 Å². The second-order valence-electron chi connectivity index (χ2n) is 6.38. The third-order valence-corrected chi connectivity index (χ3v) is 4.57. The summed E-state index contributed by atoms with van der Waals surface area (Å²) in [6.07, 6.45) is 1.61. The van der Waals surface area contributed by atoms with Crippen LogP contribution < -0.4 is 4.74 Å². The number of ketones is 1. The minimum absolute atomic E-state index is 0.0142. The molecule has 1 aliphatic carbocycles. The number of ether oxygens (including phenoxy) is 1. The van der Waals surface area contributed by atoms with Crippen LogP contribution in [0.3, 0.4) is 0 Å². The minimum atomic E-state index is -0.238. The van der Waals surface area contributed by atoms with Crippen LogP contribution in [0.5, 0.6) is 5.75 Å². The summed E-state index contributed by atoms with van der Waals surface area (Å²) in [7, 11) is 2.02. The van der Waals surface area contributed by atoms with Crippen molar-refractivity contribution in [3.8, 4) is 5.75 Å². The van der Waals surface area contributed by atoms with Crippen molar-refractivity contribution in [2.75, 3.05) is 13.6 Å². The van der Waals surface area contributed by atoms with E-state index in [0.29, 0.717) is 11.5 Å². The van der Waals surface area contributed by atoms with Gasteiger partial charge in [0.2, 0.25) is 0 Å².